The maximum atomic E-state index is 14.6. The summed E-state index contributed by atoms with van der Waals surface area (Å²) in [6.07, 6.45) is 2.75. The molecule has 2 aromatic carbocycles. The minimum Gasteiger partial charge on any atom is -0.508 e. The van der Waals surface area contributed by atoms with E-state index in [2.05, 4.69) is 31.4 Å². The zero-order chi connectivity index (χ0) is 30.6. The molecule has 0 saturated heterocycles. The summed E-state index contributed by atoms with van der Waals surface area (Å²) in [5, 5.41) is 15.6. The van der Waals surface area contributed by atoms with Gasteiger partial charge in [-0.15, -0.1) is 0 Å². The Balaban J connectivity index is 2.58. The summed E-state index contributed by atoms with van der Waals surface area (Å²) >= 11 is 0. The Labute approximate surface area is 245 Å². The lowest BCUT2D eigenvalue weighted by Crippen LogP contribution is -2.56. The van der Waals surface area contributed by atoms with Crippen LogP contribution in [0.5, 0.6) is 5.75 Å². The number of alkyl carbamates (subject to hydrolysis) is 1. The molecule has 3 amide bonds. The van der Waals surface area contributed by atoms with Crippen molar-refractivity contribution in [1.82, 2.24) is 15.5 Å². The molecule has 8 heteroatoms. The third-order valence-electron chi connectivity index (χ3n) is 6.73. The molecule has 0 bridgehead atoms. The van der Waals surface area contributed by atoms with Crippen molar-refractivity contribution in [1.29, 1.82) is 0 Å². The van der Waals surface area contributed by atoms with E-state index in [4.69, 9.17) is 4.74 Å². The third kappa shape index (κ3) is 11.5. The molecule has 0 radical (unpaired) electrons. The van der Waals surface area contributed by atoms with Crippen LogP contribution in [0.25, 0.3) is 0 Å². The van der Waals surface area contributed by atoms with Crippen LogP contribution in [0.1, 0.15) is 91.3 Å². The Kier molecular flexibility index (Phi) is 13.2. The first-order chi connectivity index (χ1) is 19.3. The van der Waals surface area contributed by atoms with Gasteiger partial charge < -0.3 is 25.4 Å². The van der Waals surface area contributed by atoms with E-state index in [0.717, 1.165) is 24.8 Å². The van der Waals surface area contributed by atoms with Gasteiger partial charge in [-0.05, 0) is 76.1 Å². The molecule has 226 valence electrons. The number of phenolic OH excluding ortho intramolecular Hbond substituents is 1. The molecule has 3 unspecified atom stereocenters. The number of aromatic hydroxyl groups is 1. The van der Waals surface area contributed by atoms with Crippen LogP contribution in [0.15, 0.2) is 54.6 Å². The minimum atomic E-state index is -1.01. The number of ether oxygens (including phenoxy) is 1. The summed E-state index contributed by atoms with van der Waals surface area (Å²) in [5.41, 5.74) is 0.689. The predicted molar refractivity (Wildman–Crippen MR) is 162 cm³/mol. The number of hydrogen-bond donors (Lipinski definition) is 3. The second-order valence-electron chi connectivity index (χ2n) is 12.1. The van der Waals surface area contributed by atoms with Gasteiger partial charge in [0.15, 0.2) is 0 Å². The summed E-state index contributed by atoms with van der Waals surface area (Å²) in [4.78, 5) is 43.0. The van der Waals surface area contributed by atoms with Gasteiger partial charge in [0.1, 0.15) is 23.4 Å². The number of nitrogens with one attached hydrogen (secondary N) is 2. The van der Waals surface area contributed by atoms with Crippen LogP contribution in [0.3, 0.4) is 0 Å². The average molecular weight is 568 g/mol. The maximum Gasteiger partial charge on any atom is 0.408 e. The molecule has 0 aliphatic carbocycles. The first-order valence-electron chi connectivity index (χ1n) is 14.7. The highest BCUT2D eigenvalue weighted by atomic mass is 16.6. The fourth-order valence-corrected chi connectivity index (χ4v) is 4.57. The van der Waals surface area contributed by atoms with Gasteiger partial charge in [-0.2, -0.15) is 0 Å². The Morgan fingerprint density at radius 1 is 0.951 bits per heavy atom. The topological polar surface area (TPSA) is 108 Å². The Bertz CT molecular complexity index is 1100. The van der Waals surface area contributed by atoms with Crippen LogP contribution < -0.4 is 10.6 Å². The number of carbonyl (C=O) groups is 3. The molecule has 2 rings (SSSR count). The number of unbranched alkanes of at least 4 members (excludes halogenated alkanes) is 1. The van der Waals surface area contributed by atoms with E-state index in [0.29, 0.717) is 24.4 Å². The predicted octanol–water partition coefficient (Wildman–Crippen LogP) is 6.14. The van der Waals surface area contributed by atoms with Crippen LogP contribution in [0.2, 0.25) is 0 Å². The maximum absolute atomic E-state index is 14.6. The van der Waals surface area contributed by atoms with Gasteiger partial charge in [0, 0.05) is 19.0 Å². The molecule has 0 aliphatic rings. The SMILES string of the molecule is CCCCNC(=O)C(c1ccccc1)N(C(=O)C(Cc1ccc(O)cc1)NC(=O)OC(C)(C)C)C(C)CCC(C)C. The monoisotopic (exact) mass is 567 g/mol. The van der Waals surface area contributed by atoms with Crippen molar-refractivity contribution in [3.63, 3.8) is 0 Å². The second kappa shape index (κ2) is 16.0. The fraction of sp³-hybridized carbons (Fsp3) is 0.545. The number of amides is 3. The summed E-state index contributed by atoms with van der Waals surface area (Å²) in [5.74, 6) is -0.112. The van der Waals surface area contributed by atoms with E-state index in [1.54, 1.807) is 49.9 Å². The van der Waals surface area contributed by atoms with E-state index >= 15 is 0 Å². The highest BCUT2D eigenvalue weighted by molar-refractivity contribution is 5.92. The zero-order valence-electron chi connectivity index (χ0n) is 25.8. The molecule has 3 atom stereocenters. The molecule has 0 spiro atoms. The molecule has 2 aromatic rings. The molecular weight excluding hydrogens is 518 g/mol. The van der Waals surface area contributed by atoms with Crippen molar-refractivity contribution in [2.75, 3.05) is 6.54 Å². The Morgan fingerprint density at radius 2 is 1.59 bits per heavy atom. The lowest BCUT2D eigenvalue weighted by Gasteiger charge is -2.39. The number of hydrogen-bond acceptors (Lipinski definition) is 5. The van der Waals surface area contributed by atoms with E-state index in [1.165, 1.54) is 0 Å². The molecule has 0 aromatic heterocycles. The molecule has 0 saturated carbocycles. The first-order valence-corrected chi connectivity index (χ1v) is 14.7. The fourth-order valence-electron chi connectivity index (χ4n) is 4.57. The van der Waals surface area contributed by atoms with Gasteiger partial charge in [-0.25, -0.2) is 4.79 Å². The number of carbonyl (C=O) groups excluding carboxylic acids is 3. The van der Waals surface area contributed by atoms with E-state index in [1.807, 2.05) is 37.3 Å². The smallest absolute Gasteiger partial charge is 0.408 e. The average Bonchev–Trinajstić information content (AvgIpc) is 2.90. The quantitative estimate of drug-likeness (QED) is 0.238. The third-order valence-corrected chi connectivity index (χ3v) is 6.73. The standard InChI is InChI=1S/C33H49N3O5/c1-8-9-21-34-30(38)29(26-13-11-10-12-14-26)36(24(4)16-15-23(2)3)31(39)28(35-32(40)41-33(5,6)7)22-25-17-19-27(37)20-18-25/h10-14,17-20,23-24,28-29,37H,8-9,15-16,21-22H2,1-7H3,(H,34,38)(H,35,40). The van der Waals surface area contributed by atoms with Crippen molar-refractivity contribution < 1.29 is 24.2 Å². The molecule has 41 heavy (non-hydrogen) atoms. The van der Waals surface area contributed by atoms with E-state index in [9.17, 15) is 19.5 Å². The first kappa shape index (κ1) is 33.7. The molecule has 0 fully saturated rings. The van der Waals surface area contributed by atoms with Crippen molar-refractivity contribution in [2.24, 2.45) is 5.92 Å². The molecular formula is C33H49N3O5. The Hall–Kier alpha value is -3.55. The van der Waals surface area contributed by atoms with Crippen LogP contribution in [0, 0.1) is 5.92 Å². The summed E-state index contributed by atoms with van der Waals surface area (Å²) < 4.78 is 5.51. The normalized spacial score (nSPS) is 13.7. The molecule has 0 aliphatic heterocycles. The van der Waals surface area contributed by atoms with Crippen LogP contribution in [0.4, 0.5) is 4.79 Å². The lowest BCUT2D eigenvalue weighted by atomic mass is 9.96. The van der Waals surface area contributed by atoms with Crippen molar-refractivity contribution in [3.05, 3.63) is 65.7 Å². The minimum absolute atomic E-state index is 0.105. The molecule has 8 nitrogen and oxygen atoms in total. The second-order valence-corrected chi connectivity index (χ2v) is 12.1. The number of phenols is 1. The van der Waals surface area contributed by atoms with Crippen molar-refractivity contribution >= 4 is 17.9 Å². The highest BCUT2D eigenvalue weighted by Crippen LogP contribution is 2.28. The molecule has 3 N–H and O–H groups in total. The molecule has 0 heterocycles. The number of benzene rings is 2. The van der Waals surface area contributed by atoms with Gasteiger partial charge >= 0.3 is 6.09 Å². The summed E-state index contributed by atoms with van der Waals surface area (Å²) in [7, 11) is 0. The summed E-state index contributed by atoms with van der Waals surface area (Å²) in [6.45, 7) is 14.1. The summed E-state index contributed by atoms with van der Waals surface area (Å²) in [6, 6.07) is 13.6. The van der Waals surface area contributed by atoms with Crippen molar-refractivity contribution in [3.8, 4) is 5.75 Å². The van der Waals surface area contributed by atoms with Gasteiger partial charge in [0.05, 0.1) is 0 Å². The number of nitrogens with zero attached hydrogens (tertiary/aromatic N) is 1. The van der Waals surface area contributed by atoms with Crippen LogP contribution >= 0.6 is 0 Å². The van der Waals surface area contributed by atoms with E-state index < -0.39 is 23.8 Å². The van der Waals surface area contributed by atoms with Gasteiger partial charge in [-0.3, -0.25) is 9.59 Å². The van der Waals surface area contributed by atoms with Crippen LogP contribution in [-0.4, -0.2) is 52.1 Å². The van der Waals surface area contributed by atoms with Gasteiger partial charge in [0.2, 0.25) is 11.8 Å². The zero-order valence-corrected chi connectivity index (χ0v) is 25.8. The van der Waals surface area contributed by atoms with Crippen LogP contribution in [-0.2, 0) is 20.7 Å². The Morgan fingerprint density at radius 3 is 2.15 bits per heavy atom. The van der Waals surface area contributed by atoms with E-state index in [-0.39, 0.29) is 30.0 Å². The van der Waals surface area contributed by atoms with Gasteiger partial charge in [-0.1, -0.05) is 69.7 Å². The van der Waals surface area contributed by atoms with Crippen molar-refractivity contribution in [2.45, 2.75) is 104 Å². The number of rotatable bonds is 14. The van der Waals surface area contributed by atoms with Gasteiger partial charge in [0.25, 0.3) is 0 Å². The highest BCUT2D eigenvalue weighted by Gasteiger charge is 2.38. The lowest BCUT2D eigenvalue weighted by molar-refractivity contribution is -0.145. The largest absolute Gasteiger partial charge is 0.508 e.